The third-order valence-corrected chi connectivity index (χ3v) is 11.4. The average molecular weight is 702 g/mol. The van der Waals surface area contributed by atoms with E-state index in [1.54, 1.807) is 0 Å². The van der Waals surface area contributed by atoms with E-state index in [0.717, 1.165) is 71.8 Å². The second kappa shape index (κ2) is 11.6. The summed E-state index contributed by atoms with van der Waals surface area (Å²) in [5.74, 6) is 0.841. The standard InChI is InChI=1S/C52H31NO2/c1-3-15-32(16-4-1)48-50-46(30-29-42-37-20-12-14-26-45(37)54-51(42)50)55-52(48)49-40-23-9-7-21-38(40)47(39-22-8-10-24-41(39)49)33-27-28-36-35-19-11-13-25-43(35)53(44(36)31-33)34-17-5-2-6-18-34/h1-31H. The number of nitrogens with zero attached hydrogens (tertiary/aromatic N) is 1. The van der Waals surface area contributed by atoms with Gasteiger partial charge in [0.1, 0.15) is 22.5 Å². The van der Waals surface area contributed by atoms with Crippen LogP contribution in [0.15, 0.2) is 197 Å². The van der Waals surface area contributed by atoms with Crippen molar-refractivity contribution in [3.05, 3.63) is 188 Å². The summed E-state index contributed by atoms with van der Waals surface area (Å²) >= 11 is 0. The normalized spacial score (nSPS) is 12.0. The van der Waals surface area contributed by atoms with Gasteiger partial charge in [0.05, 0.1) is 16.4 Å². The summed E-state index contributed by atoms with van der Waals surface area (Å²) < 4.78 is 16.2. The van der Waals surface area contributed by atoms with Crippen LogP contribution in [0.1, 0.15) is 0 Å². The van der Waals surface area contributed by atoms with Gasteiger partial charge >= 0.3 is 0 Å². The highest BCUT2D eigenvalue weighted by Gasteiger charge is 2.27. The number of benzene rings is 9. The summed E-state index contributed by atoms with van der Waals surface area (Å²) in [6, 6.07) is 67.1. The zero-order valence-corrected chi connectivity index (χ0v) is 29.7. The second-order valence-corrected chi connectivity index (χ2v) is 14.3. The molecule has 0 aliphatic carbocycles. The maximum atomic E-state index is 7.10. The van der Waals surface area contributed by atoms with Crippen LogP contribution in [0, 0.1) is 0 Å². The third-order valence-electron chi connectivity index (χ3n) is 11.4. The van der Waals surface area contributed by atoms with Gasteiger partial charge in [0.15, 0.2) is 0 Å². The number of hydrogen-bond acceptors (Lipinski definition) is 2. The molecule has 12 aromatic rings. The van der Waals surface area contributed by atoms with E-state index < -0.39 is 0 Å². The molecule has 0 aliphatic heterocycles. The van der Waals surface area contributed by atoms with Crippen molar-refractivity contribution in [2.24, 2.45) is 0 Å². The van der Waals surface area contributed by atoms with Crippen molar-refractivity contribution in [1.82, 2.24) is 4.57 Å². The molecule has 0 saturated carbocycles. The molecule has 0 bridgehead atoms. The van der Waals surface area contributed by atoms with Crippen LogP contribution < -0.4 is 0 Å². The monoisotopic (exact) mass is 701 g/mol. The van der Waals surface area contributed by atoms with Crippen molar-refractivity contribution in [3.8, 4) is 39.3 Å². The van der Waals surface area contributed by atoms with E-state index >= 15 is 0 Å². The van der Waals surface area contributed by atoms with Gasteiger partial charge in [-0.3, -0.25) is 0 Å². The minimum Gasteiger partial charge on any atom is -0.455 e. The van der Waals surface area contributed by atoms with E-state index in [-0.39, 0.29) is 0 Å². The molecule has 0 saturated heterocycles. The van der Waals surface area contributed by atoms with Crippen LogP contribution in [0.3, 0.4) is 0 Å². The molecule has 0 radical (unpaired) electrons. The highest BCUT2D eigenvalue weighted by atomic mass is 16.3. The molecule has 0 fully saturated rings. The minimum atomic E-state index is 0.803. The van der Waals surface area contributed by atoms with Gasteiger partial charge in [-0.1, -0.05) is 146 Å². The van der Waals surface area contributed by atoms with Crippen LogP contribution in [0.5, 0.6) is 0 Å². The summed E-state index contributed by atoms with van der Waals surface area (Å²) in [6.45, 7) is 0. The fourth-order valence-corrected chi connectivity index (χ4v) is 9.09. The summed E-state index contributed by atoms with van der Waals surface area (Å²) in [5.41, 5.74) is 11.6. The van der Waals surface area contributed by atoms with E-state index in [1.807, 2.05) is 12.1 Å². The zero-order chi connectivity index (χ0) is 36.0. The highest BCUT2D eigenvalue weighted by molar-refractivity contribution is 6.26. The van der Waals surface area contributed by atoms with Crippen LogP contribution in [0.25, 0.3) is 116 Å². The Morgan fingerprint density at radius 1 is 0.327 bits per heavy atom. The van der Waals surface area contributed by atoms with Crippen LogP contribution in [0.2, 0.25) is 0 Å². The predicted octanol–water partition coefficient (Wildman–Crippen LogP) is 14.7. The van der Waals surface area contributed by atoms with Gasteiger partial charge in [-0.15, -0.1) is 0 Å². The molecule has 55 heavy (non-hydrogen) atoms. The van der Waals surface area contributed by atoms with Crippen molar-refractivity contribution in [1.29, 1.82) is 0 Å². The third kappa shape index (κ3) is 4.32. The maximum Gasteiger partial charge on any atom is 0.147 e. The van der Waals surface area contributed by atoms with Crippen LogP contribution in [0.4, 0.5) is 0 Å². The molecule has 0 atom stereocenters. The van der Waals surface area contributed by atoms with Crippen molar-refractivity contribution in [2.75, 3.05) is 0 Å². The first kappa shape index (κ1) is 30.1. The van der Waals surface area contributed by atoms with Gasteiger partial charge in [0.2, 0.25) is 0 Å². The molecule has 0 aliphatic rings. The van der Waals surface area contributed by atoms with Gasteiger partial charge in [-0.25, -0.2) is 0 Å². The molecule has 3 aromatic heterocycles. The lowest BCUT2D eigenvalue weighted by Crippen LogP contribution is -1.94. The fourth-order valence-electron chi connectivity index (χ4n) is 9.09. The van der Waals surface area contributed by atoms with Crippen molar-refractivity contribution in [3.63, 3.8) is 0 Å². The molecule has 0 spiro atoms. The lowest BCUT2D eigenvalue weighted by molar-refractivity contribution is 0.633. The Morgan fingerprint density at radius 3 is 1.62 bits per heavy atom. The van der Waals surface area contributed by atoms with E-state index in [9.17, 15) is 0 Å². The maximum absolute atomic E-state index is 7.10. The molecule has 0 N–H and O–H groups in total. The van der Waals surface area contributed by atoms with Crippen molar-refractivity contribution in [2.45, 2.75) is 0 Å². The Morgan fingerprint density at radius 2 is 0.891 bits per heavy atom. The molecule has 256 valence electrons. The zero-order valence-electron chi connectivity index (χ0n) is 29.7. The first-order valence-corrected chi connectivity index (χ1v) is 18.8. The molecule has 3 heteroatoms. The number of hydrogen-bond donors (Lipinski definition) is 0. The molecule has 9 aromatic carbocycles. The number of para-hydroxylation sites is 3. The molecule has 0 unspecified atom stereocenters. The van der Waals surface area contributed by atoms with E-state index in [1.165, 1.54) is 43.7 Å². The van der Waals surface area contributed by atoms with Gasteiger partial charge in [-0.2, -0.15) is 0 Å². The Kier molecular flexibility index (Phi) is 6.34. The number of rotatable bonds is 4. The first-order valence-electron chi connectivity index (χ1n) is 18.8. The summed E-state index contributed by atoms with van der Waals surface area (Å²) in [6.07, 6.45) is 0. The SMILES string of the molecule is c1ccc(-c2c(-c3c4ccccc4c(-c4ccc5c6ccccc6n(-c6ccccc6)c5c4)c4ccccc34)oc3ccc4c5ccccc5oc4c23)cc1. The number of fused-ring (bicyclic) bond motifs is 10. The molecular weight excluding hydrogens is 671 g/mol. The summed E-state index contributed by atoms with van der Waals surface area (Å²) in [4.78, 5) is 0. The highest BCUT2D eigenvalue weighted by Crippen LogP contribution is 2.51. The van der Waals surface area contributed by atoms with Crippen LogP contribution in [-0.4, -0.2) is 4.57 Å². The van der Waals surface area contributed by atoms with Gasteiger partial charge in [-0.05, 0) is 80.7 Å². The van der Waals surface area contributed by atoms with E-state index in [0.29, 0.717) is 0 Å². The smallest absolute Gasteiger partial charge is 0.147 e. The van der Waals surface area contributed by atoms with Gasteiger partial charge in [0.25, 0.3) is 0 Å². The molecule has 3 heterocycles. The Hall–Kier alpha value is -7.36. The van der Waals surface area contributed by atoms with E-state index in [2.05, 4.69) is 180 Å². The number of aromatic nitrogens is 1. The Labute approximate surface area is 315 Å². The quantitative estimate of drug-likeness (QED) is 0.171. The summed E-state index contributed by atoms with van der Waals surface area (Å²) in [5, 5.41) is 10.3. The lowest BCUT2D eigenvalue weighted by atomic mass is 9.86. The minimum absolute atomic E-state index is 0.803. The fraction of sp³-hybridized carbons (Fsp3) is 0. The van der Waals surface area contributed by atoms with Crippen LogP contribution >= 0.6 is 0 Å². The molecule has 12 rings (SSSR count). The van der Waals surface area contributed by atoms with Crippen molar-refractivity contribution >= 4 is 76.3 Å². The molecule has 0 amide bonds. The van der Waals surface area contributed by atoms with Gasteiger partial charge in [0, 0.05) is 38.4 Å². The average Bonchev–Trinajstić information content (AvgIpc) is 3.93. The van der Waals surface area contributed by atoms with Gasteiger partial charge < -0.3 is 13.4 Å². The van der Waals surface area contributed by atoms with E-state index in [4.69, 9.17) is 8.83 Å². The molecule has 3 nitrogen and oxygen atoms in total. The summed E-state index contributed by atoms with van der Waals surface area (Å²) in [7, 11) is 0. The Balaban J connectivity index is 1.19. The second-order valence-electron chi connectivity index (χ2n) is 14.3. The lowest BCUT2D eigenvalue weighted by Gasteiger charge is -2.17. The van der Waals surface area contributed by atoms with Crippen molar-refractivity contribution < 1.29 is 8.83 Å². The largest absolute Gasteiger partial charge is 0.455 e. The number of furan rings is 2. The molecular formula is C52H31NO2. The Bertz CT molecular complexity index is 3420. The topological polar surface area (TPSA) is 31.2 Å². The van der Waals surface area contributed by atoms with Crippen LogP contribution in [-0.2, 0) is 0 Å². The predicted molar refractivity (Wildman–Crippen MR) is 229 cm³/mol. The first-order chi connectivity index (χ1) is 27.3.